The number of amides is 1. The van der Waals surface area contributed by atoms with Gasteiger partial charge >= 0.3 is 0 Å². The van der Waals surface area contributed by atoms with E-state index in [0.29, 0.717) is 49.8 Å². The zero-order valence-electron chi connectivity index (χ0n) is 20.4. The highest BCUT2D eigenvalue weighted by Crippen LogP contribution is 2.41. The fourth-order valence-corrected chi connectivity index (χ4v) is 4.10. The molecule has 0 fully saturated rings. The van der Waals surface area contributed by atoms with Gasteiger partial charge < -0.3 is 24.4 Å². The quantitative estimate of drug-likeness (QED) is 0.510. The van der Waals surface area contributed by atoms with E-state index in [-0.39, 0.29) is 17.8 Å². The first-order valence-corrected chi connectivity index (χ1v) is 11.7. The Morgan fingerprint density at radius 2 is 1.71 bits per heavy atom. The summed E-state index contributed by atoms with van der Waals surface area (Å²) in [7, 11) is 3.83. The van der Waals surface area contributed by atoms with E-state index in [4.69, 9.17) is 9.47 Å². The van der Waals surface area contributed by atoms with E-state index in [1.807, 2.05) is 69.2 Å². The maximum absolute atomic E-state index is 13.4. The third kappa shape index (κ3) is 5.78. The van der Waals surface area contributed by atoms with E-state index in [1.165, 1.54) is 0 Å². The second-order valence-electron chi connectivity index (χ2n) is 8.45. The van der Waals surface area contributed by atoms with Crippen LogP contribution in [-0.4, -0.2) is 67.0 Å². The number of ketones is 1. The Hall–Kier alpha value is -3.32. The van der Waals surface area contributed by atoms with Gasteiger partial charge in [0.25, 0.3) is 5.91 Å². The number of hydrogen-bond acceptors (Lipinski definition) is 6. The molecule has 182 valence electrons. The van der Waals surface area contributed by atoms with Crippen LogP contribution in [0, 0.1) is 0 Å². The highest BCUT2D eigenvalue weighted by molar-refractivity contribution is 6.09. The monoisotopic (exact) mass is 466 g/mol. The van der Waals surface area contributed by atoms with Gasteiger partial charge in [-0.2, -0.15) is 0 Å². The number of Topliss-reactive ketones (excluding diaryl/α,β-unsaturated/α-hetero) is 1. The number of aliphatic hydroxyl groups excluding tert-OH is 1. The third-order valence-electron chi connectivity index (χ3n) is 5.76. The normalized spacial score (nSPS) is 15.9. The molecule has 0 spiro atoms. The predicted octanol–water partition coefficient (Wildman–Crippen LogP) is 3.94. The Balaban J connectivity index is 1.97. The van der Waals surface area contributed by atoms with Crippen molar-refractivity contribution >= 4 is 11.7 Å². The van der Waals surface area contributed by atoms with Crippen LogP contribution in [0.2, 0.25) is 0 Å². The summed E-state index contributed by atoms with van der Waals surface area (Å²) < 4.78 is 11.5. The van der Waals surface area contributed by atoms with Crippen LogP contribution in [0.5, 0.6) is 11.5 Å². The van der Waals surface area contributed by atoms with Crippen molar-refractivity contribution in [2.45, 2.75) is 32.7 Å². The number of carbonyl (C=O) groups excluding carboxylic acids is 2. The van der Waals surface area contributed by atoms with E-state index in [0.717, 1.165) is 5.56 Å². The average Bonchev–Trinajstić information content (AvgIpc) is 3.08. The summed E-state index contributed by atoms with van der Waals surface area (Å²) in [6.07, 6.45) is 0.729. The fraction of sp³-hybridized carbons (Fsp3) is 0.407. The van der Waals surface area contributed by atoms with Crippen molar-refractivity contribution in [2.24, 2.45) is 0 Å². The smallest absolute Gasteiger partial charge is 0.290 e. The number of nitrogens with zero attached hydrogens (tertiary/aromatic N) is 2. The van der Waals surface area contributed by atoms with Crippen LogP contribution in [0.15, 0.2) is 59.9 Å². The first-order chi connectivity index (χ1) is 16.4. The average molecular weight is 467 g/mol. The van der Waals surface area contributed by atoms with E-state index in [1.54, 1.807) is 17.0 Å². The molecular formula is C27H34N2O5. The van der Waals surface area contributed by atoms with Crippen LogP contribution >= 0.6 is 0 Å². The molecule has 3 rings (SSSR count). The van der Waals surface area contributed by atoms with Gasteiger partial charge in [-0.3, -0.25) is 9.59 Å². The second-order valence-corrected chi connectivity index (χ2v) is 8.45. The van der Waals surface area contributed by atoms with Crippen molar-refractivity contribution in [1.82, 2.24) is 9.80 Å². The molecule has 1 heterocycles. The maximum Gasteiger partial charge on any atom is 0.290 e. The van der Waals surface area contributed by atoms with Gasteiger partial charge in [0.2, 0.25) is 0 Å². The van der Waals surface area contributed by atoms with Gasteiger partial charge in [-0.15, -0.1) is 0 Å². The molecular weight excluding hydrogens is 432 g/mol. The number of aryl methyl sites for hydroxylation is 1. The van der Waals surface area contributed by atoms with E-state index in [9.17, 15) is 14.7 Å². The molecule has 1 aliphatic heterocycles. The molecule has 0 aromatic heterocycles. The highest BCUT2D eigenvalue weighted by Gasteiger charge is 2.43. The topological polar surface area (TPSA) is 79.3 Å². The van der Waals surface area contributed by atoms with E-state index < -0.39 is 17.7 Å². The molecule has 0 radical (unpaired) electrons. The van der Waals surface area contributed by atoms with Crippen LogP contribution in [0.3, 0.4) is 0 Å². The zero-order valence-corrected chi connectivity index (χ0v) is 20.4. The number of likely N-dealkylation sites (N-methyl/N-ethyl adjacent to an activating group) is 1. The number of rotatable bonds is 12. The molecule has 0 bridgehead atoms. The fourth-order valence-electron chi connectivity index (χ4n) is 4.10. The van der Waals surface area contributed by atoms with Gasteiger partial charge in [-0.05, 0) is 57.6 Å². The molecule has 1 aliphatic rings. The molecule has 34 heavy (non-hydrogen) atoms. The Morgan fingerprint density at radius 1 is 1.03 bits per heavy atom. The number of benzene rings is 2. The van der Waals surface area contributed by atoms with Crippen LogP contribution in [-0.2, 0) is 16.0 Å². The minimum atomic E-state index is -0.689. The van der Waals surface area contributed by atoms with Crippen molar-refractivity contribution in [2.75, 3.05) is 40.4 Å². The molecule has 0 aliphatic carbocycles. The Morgan fingerprint density at radius 3 is 2.35 bits per heavy atom. The zero-order chi connectivity index (χ0) is 24.7. The minimum Gasteiger partial charge on any atom is -0.503 e. The maximum atomic E-state index is 13.4. The Kier molecular flexibility index (Phi) is 8.71. The van der Waals surface area contributed by atoms with E-state index >= 15 is 0 Å². The molecule has 1 atom stereocenters. The molecule has 7 nitrogen and oxygen atoms in total. The molecule has 2 aromatic carbocycles. The molecule has 2 aromatic rings. The minimum absolute atomic E-state index is 0.145. The van der Waals surface area contributed by atoms with Crippen molar-refractivity contribution in [1.29, 1.82) is 0 Å². The summed E-state index contributed by atoms with van der Waals surface area (Å²) in [4.78, 5) is 29.9. The van der Waals surface area contributed by atoms with Gasteiger partial charge in [-0.25, -0.2) is 0 Å². The molecule has 0 saturated heterocycles. The SMILES string of the molecule is CCOc1ccc(C2C(C(=O)CCc3ccccc3)=C(O)C(=O)N2CCN(C)C)cc1OCC. The van der Waals surface area contributed by atoms with Crippen LogP contribution in [0.25, 0.3) is 0 Å². The van der Waals surface area contributed by atoms with Crippen molar-refractivity contribution in [3.63, 3.8) is 0 Å². The number of aliphatic hydroxyl groups is 1. The Bertz CT molecular complexity index is 1030. The molecule has 0 saturated carbocycles. The molecule has 1 amide bonds. The standard InChI is InChI=1S/C27H34N2O5/c1-5-33-22-15-13-20(18-23(22)34-6-2)25-24(21(30)14-12-19-10-8-7-9-11-19)26(31)27(32)29(25)17-16-28(3)4/h7-11,13,15,18,25,31H,5-6,12,14,16-17H2,1-4H3. The second kappa shape index (κ2) is 11.7. The van der Waals surface area contributed by atoms with Gasteiger partial charge in [0, 0.05) is 19.5 Å². The highest BCUT2D eigenvalue weighted by atomic mass is 16.5. The van der Waals surface area contributed by atoms with Crippen molar-refractivity contribution < 1.29 is 24.2 Å². The lowest BCUT2D eigenvalue weighted by molar-refractivity contribution is -0.129. The molecule has 7 heteroatoms. The lowest BCUT2D eigenvalue weighted by Gasteiger charge is -2.28. The van der Waals surface area contributed by atoms with Gasteiger partial charge in [-0.1, -0.05) is 36.4 Å². The van der Waals surface area contributed by atoms with E-state index in [2.05, 4.69) is 0 Å². The number of carbonyl (C=O) groups is 2. The summed E-state index contributed by atoms with van der Waals surface area (Å²) in [5.41, 5.74) is 1.87. The summed E-state index contributed by atoms with van der Waals surface area (Å²) in [5.74, 6) is -0.0823. The van der Waals surface area contributed by atoms with Crippen LogP contribution in [0.4, 0.5) is 0 Å². The first kappa shape index (κ1) is 25.3. The lowest BCUT2D eigenvalue weighted by Crippen LogP contribution is -2.36. The summed E-state index contributed by atoms with van der Waals surface area (Å²) in [5, 5.41) is 10.8. The molecule has 1 N–H and O–H groups in total. The van der Waals surface area contributed by atoms with Gasteiger partial charge in [0.15, 0.2) is 23.0 Å². The van der Waals surface area contributed by atoms with Gasteiger partial charge in [0.05, 0.1) is 24.8 Å². The van der Waals surface area contributed by atoms with Crippen molar-refractivity contribution in [3.8, 4) is 11.5 Å². The third-order valence-corrected chi connectivity index (χ3v) is 5.76. The molecule has 1 unspecified atom stereocenters. The summed E-state index contributed by atoms with van der Waals surface area (Å²) in [6, 6.07) is 14.4. The Labute approximate surface area is 201 Å². The predicted molar refractivity (Wildman–Crippen MR) is 131 cm³/mol. The van der Waals surface area contributed by atoms with Crippen LogP contribution < -0.4 is 9.47 Å². The number of ether oxygens (including phenoxy) is 2. The largest absolute Gasteiger partial charge is 0.503 e. The van der Waals surface area contributed by atoms with Crippen LogP contribution in [0.1, 0.15) is 37.4 Å². The lowest BCUT2D eigenvalue weighted by atomic mass is 9.93. The summed E-state index contributed by atoms with van der Waals surface area (Å²) >= 11 is 0. The summed E-state index contributed by atoms with van der Waals surface area (Å²) in [6.45, 7) is 5.67. The van der Waals surface area contributed by atoms with Crippen molar-refractivity contribution in [3.05, 3.63) is 71.0 Å². The van der Waals surface area contributed by atoms with Gasteiger partial charge in [0.1, 0.15) is 0 Å². The first-order valence-electron chi connectivity index (χ1n) is 11.7. The number of hydrogen-bond donors (Lipinski definition) is 1.